The Labute approximate surface area is 121 Å². The number of benzene rings is 1. The molecule has 3 N–H and O–H groups in total. The van der Waals surface area contributed by atoms with Crippen LogP contribution in [0.25, 0.3) is 0 Å². The first-order chi connectivity index (χ1) is 9.49. The molecule has 20 heavy (non-hydrogen) atoms. The summed E-state index contributed by atoms with van der Waals surface area (Å²) in [6.07, 6.45) is 0.860. The van der Waals surface area contributed by atoms with E-state index in [4.69, 9.17) is 10.6 Å². The molecule has 1 unspecified atom stereocenters. The van der Waals surface area contributed by atoms with Crippen LogP contribution in [0.5, 0.6) is 5.75 Å². The number of para-hydroxylation sites is 1. The number of nitrogens with one attached hydrogen (secondary N) is 1. The van der Waals surface area contributed by atoms with E-state index in [0.29, 0.717) is 5.96 Å². The third-order valence-corrected chi connectivity index (χ3v) is 3.21. The third-order valence-electron chi connectivity index (χ3n) is 3.21. The van der Waals surface area contributed by atoms with E-state index in [1.165, 1.54) is 5.56 Å². The Kier molecular flexibility index (Phi) is 6.31. The zero-order valence-corrected chi connectivity index (χ0v) is 13.1. The highest BCUT2D eigenvalue weighted by Crippen LogP contribution is 2.20. The fourth-order valence-electron chi connectivity index (χ4n) is 2.01. The standard InChI is InChI=1S/C15H26N4O/c1-11(2)17-15(18-16)19(4)12(3)10-13-8-6-7-9-14(13)20-5/h6-9,11-12H,10,16H2,1-5H3,(H,17,18). The number of nitrogens with zero attached hydrogens (tertiary/aromatic N) is 2. The molecule has 0 bridgehead atoms. The van der Waals surface area contributed by atoms with Crippen LogP contribution in [0.3, 0.4) is 0 Å². The van der Waals surface area contributed by atoms with Crippen molar-refractivity contribution < 1.29 is 4.74 Å². The number of methoxy groups -OCH3 is 1. The predicted molar refractivity (Wildman–Crippen MR) is 83.8 cm³/mol. The van der Waals surface area contributed by atoms with Crippen molar-refractivity contribution in [1.82, 2.24) is 10.3 Å². The lowest BCUT2D eigenvalue weighted by atomic mass is 10.1. The molecule has 0 fully saturated rings. The number of nitrogens with two attached hydrogens (primary N) is 1. The molecule has 0 saturated carbocycles. The van der Waals surface area contributed by atoms with Crippen molar-refractivity contribution in [2.45, 2.75) is 39.3 Å². The van der Waals surface area contributed by atoms with Crippen molar-refractivity contribution in [3.8, 4) is 5.75 Å². The zero-order chi connectivity index (χ0) is 15.1. The molecular weight excluding hydrogens is 252 g/mol. The largest absolute Gasteiger partial charge is 0.496 e. The van der Waals surface area contributed by atoms with Crippen LogP contribution in [0.4, 0.5) is 0 Å². The van der Waals surface area contributed by atoms with Crippen LogP contribution in [0.1, 0.15) is 26.3 Å². The first kappa shape index (κ1) is 16.3. The summed E-state index contributed by atoms with van der Waals surface area (Å²) in [6.45, 7) is 6.19. The van der Waals surface area contributed by atoms with E-state index in [1.807, 2.05) is 44.0 Å². The molecule has 1 rings (SSSR count). The maximum absolute atomic E-state index is 5.56. The number of hydrogen-bond acceptors (Lipinski definition) is 3. The smallest absolute Gasteiger partial charge is 0.208 e. The van der Waals surface area contributed by atoms with Crippen molar-refractivity contribution in [3.05, 3.63) is 29.8 Å². The molecule has 0 aliphatic heterocycles. The van der Waals surface area contributed by atoms with Gasteiger partial charge in [0.25, 0.3) is 0 Å². The van der Waals surface area contributed by atoms with Gasteiger partial charge in [-0.05, 0) is 38.8 Å². The molecule has 0 saturated heterocycles. The molecule has 1 aromatic rings. The van der Waals surface area contributed by atoms with E-state index in [9.17, 15) is 0 Å². The van der Waals surface area contributed by atoms with Gasteiger partial charge in [-0.3, -0.25) is 5.43 Å². The second kappa shape index (κ2) is 7.75. The normalized spacial score (nSPS) is 13.2. The van der Waals surface area contributed by atoms with Gasteiger partial charge < -0.3 is 9.64 Å². The average Bonchev–Trinajstić information content (AvgIpc) is 2.44. The van der Waals surface area contributed by atoms with Gasteiger partial charge in [-0.25, -0.2) is 10.8 Å². The molecule has 0 radical (unpaired) electrons. The lowest BCUT2D eigenvalue weighted by molar-refractivity contribution is 0.362. The van der Waals surface area contributed by atoms with Crippen LogP contribution in [0, 0.1) is 0 Å². The lowest BCUT2D eigenvalue weighted by Gasteiger charge is -2.28. The average molecular weight is 278 g/mol. The molecule has 112 valence electrons. The Morgan fingerprint density at radius 1 is 1.35 bits per heavy atom. The van der Waals surface area contributed by atoms with Crippen molar-refractivity contribution in [3.63, 3.8) is 0 Å². The van der Waals surface area contributed by atoms with Crippen molar-refractivity contribution in [2.24, 2.45) is 10.8 Å². The molecule has 5 heteroatoms. The fraction of sp³-hybridized carbons (Fsp3) is 0.533. The topological polar surface area (TPSA) is 62.9 Å². The third kappa shape index (κ3) is 4.42. The number of ether oxygens (including phenoxy) is 1. The molecule has 0 amide bonds. The Morgan fingerprint density at radius 3 is 2.55 bits per heavy atom. The maximum atomic E-state index is 5.56. The first-order valence-electron chi connectivity index (χ1n) is 6.88. The summed E-state index contributed by atoms with van der Waals surface area (Å²) in [5.74, 6) is 7.17. The molecule has 0 aromatic heterocycles. The molecule has 1 atom stereocenters. The van der Waals surface area contributed by atoms with E-state index < -0.39 is 0 Å². The minimum atomic E-state index is 0.196. The van der Waals surface area contributed by atoms with Crippen LogP contribution in [-0.4, -0.2) is 37.1 Å². The second-order valence-corrected chi connectivity index (χ2v) is 5.17. The number of guanidine groups is 1. The highest BCUT2D eigenvalue weighted by molar-refractivity contribution is 5.79. The Hall–Kier alpha value is -1.75. The molecule has 0 aliphatic rings. The van der Waals surface area contributed by atoms with Gasteiger partial charge in [-0.2, -0.15) is 0 Å². The summed E-state index contributed by atoms with van der Waals surface area (Å²) in [6, 6.07) is 8.50. The Bertz CT molecular complexity index is 445. The van der Waals surface area contributed by atoms with Crippen molar-refractivity contribution in [1.29, 1.82) is 0 Å². The van der Waals surface area contributed by atoms with E-state index >= 15 is 0 Å². The molecule has 0 spiro atoms. The SMILES string of the molecule is COc1ccccc1CC(C)N(C)C(=NC(C)C)NN. The van der Waals surface area contributed by atoms with Gasteiger partial charge in [-0.15, -0.1) is 0 Å². The van der Waals surface area contributed by atoms with Crippen LogP contribution < -0.4 is 16.0 Å². The summed E-state index contributed by atoms with van der Waals surface area (Å²) in [4.78, 5) is 6.52. The molecule has 0 heterocycles. The molecule has 1 aromatic carbocycles. The summed E-state index contributed by atoms with van der Waals surface area (Å²) < 4.78 is 5.39. The highest BCUT2D eigenvalue weighted by Gasteiger charge is 2.16. The van der Waals surface area contributed by atoms with E-state index in [2.05, 4.69) is 23.4 Å². The minimum absolute atomic E-state index is 0.196. The van der Waals surface area contributed by atoms with Crippen LogP contribution in [0.15, 0.2) is 29.3 Å². The summed E-state index contributed by atoms with van der Waals surface area (Å²) >= 11 is 0. The molecule has 5 nitrogen and oxygen atoms in total. The van der Waals surface area contributed by atoms with Gasteiger partial charge in [0.2, 0.25) is 5.96 Å². The van der Waals surface area contributed by atoms with Crippen LogP contribution in [0.2, 0.25) is 0 Å². The van der Waals surface area contributed by atoms with Crippen LogP contribution in [-0.2, 0) is 6.42 Å². The van der Waals surface area contributed by atoms with Crippen LogP contribution >= 0.6 is 0 Å². The van der Waals surface area contributed by atoms with Crippen molar-refractivity contribution >= 4 is 5.96 Å². The highest BCUT2D eigenvalue weighted by atomic mass is 16.5. The van der Waals surface area contributed by atoms with Gasteiger partial charge in [0.15, 0.2) is 0 Å². The van der Waals surface area contributed by atoms with E-state index in [-0.39, 0.29) is 12.1 Å². The summed E-state index contributed by atoms with van der Waals surface area (Å²) in [7, 11) is 3.68. The maximum Gasteiger partial charge on any atom is 0.208 e. The second-order valence-electron chi connectivity index (χ2n) is 5.17. The molecule has 0 aliphatic carbocycles. The number of likely N-dealkylation sites (N-methyl/N-ethyl adjacent to an activating group) is 1. The van der Waals surface area contributed by atoms with Gasteiger partial charge >= 0.3 is 0 Å². The fourth-order valence-corrected chi connectivity index (χ4v) is 2.01. The predicted octanol–water partition coefficient (Wildman–Crippen LogP) is 1.79. The Morgan fingerprint density at radius 2 is 2.00 bits per heavy atom. The number of hydrazine groups is 1. The number of aliphatic imine (C=N–C) groups is 1. The summed E-state index contributed by atoms with van der Waals surface area (Å²) in [5.41, 5.74) is 3.85. The lowest BCUT2D eigenvalue weighted by Crippen LogP contribution is -2.47. The summed E-state index contributed by atoms with van der Waals surface area (Å²) in [5, 5.41) is 0. The zero-order valence-electron chi connectivity index (χ0n) is 13.1. The number of hydrogen-bond donors (Lipinski definition) is 2. The van der Waals surface area contributed by atoms with Gasteiger partial charge in [0.1, 0.15) is 5.75 Å². The first-order valence-corrected chi connectivity index (χ1v) is 6.88. The quantitative estimate of drug-likeness (QED) is 0.373. The van der Waals surface area contributed by atoms with Gasteiger partial charge in [0, 0.05) is 19.1 Å². The number of rotatable bonds is 5. The minimum Gasteiger partial charge on any atom is -0.496 e. The van der Waals surface area contributed by atoms with E-state index in [1.54, 1.807) is 7.11 Å². The molecular formula is C15H26N4O. The van der Waals surface area contributed by atoms with Gasteiger partial charge in [0.05, 0.1) is 7.11 Å². The monoisotopic (exact) mass is 278 g/mol. The Balaban J connectivity index is 2.81. The van der Waals surface area contributed by atoms with E-state index in [0.717, 1.165) is 12.2 Å². The van der Waals surface area contributed by atoms with Gasteiger partial charge in [-0.1, -0.05) is 18.2 Å². The van der Waals surface area contributed by atoms with Crippen molar-refractivity contribution in [2.75, 3.05) is 14.2 Å².